The van der Waals surface area contributed by atoms with E-state index in [0.717, 1.165) is 17.7 Å². The number of carbonyl (C=O) groups excluding carboxylic acids is 2. The molecule has 6 nitrogen and oxygen atoms in total. The molecule has 5 rings (SSSR count). The van der Waals surface area contributed by atoms with Crippen LogP contribution in [-0.4, -0.2) is 36.6 Å². The second-order valence-electron chi connectivity index (χ2n) is 8.96. The molecule has 0 bridgehead atoms. The number of likely N-dealkylation sites (tertiary alicyclic amines) is 1. The number of rotatable bonds is 5. The average Bonchev–Trinajstić information content (AvgIpc) is 3.54. The van der Waals surface area contributed by atoms with Gasteiger partial charge in [0.1, 0.15) is 0 Å². The van der Waals surface area contributed by atoms with Gasteiger partial charge in [-0.25, -0.2) is 0 Å². The molecular weight excluding hydrogens is 509 g/mol. The van der Waals surface area contributed by atoms with Crippen molar-refractivity contribution in [3.05, 3.63) is 94.0 Å². The van der Waals surface area contributed by atoms with Crippen LogP contribution in [0.25, 0.3) is 0 Å². The predicted octanol–water partition coefficient (Wildman–Crippen LogP) is 5.26. The lowest BCUT2D eigenvalue weighted by molar-refractivity contribution is -0.137. The molecular formula is C27H22ClF3N2O4. The highest BCUT2D eigenvalue weighted by Gasteiger charge is 2.41. The molecule has 3 aromatic carbocycles. The number of fused-ring (bicyclic) bond motifs is 1. The number of halogens is 4. The van der Waals surface area contributed by atoms with Crippen LogP contribution in [-0.2, 0) is 17.5 Å². The highest BCUT2D eigenvalue weighted by atomic mass is 35.5. The third-order valence-corrected chi connectivity index (χ3v) is 6.80. The molecule has 2 aliphatic heterocycles. The van der Waals surface area contributed by atoms with Crippen molar-refractivity contribution < 1.29 is 32.2 Å². The van der Waals surface area contributed by atoms with E-state index in [0.29, 0.717) is 27.6 Å². The molecule has 2 aliphatic rings. The van der Waals surface area contributed by atoms with Gasteiger partial charge in [-0.15, -0.1) is 0 Å². The summed E-state index contributed by atoms with van der Waals surface area (Å²) in [6, 6.07) is 16.6. The molecule has 37 heavy (non-hydrogen) atoms. The Kier molecular flexibility index (Phi) is 6.72. The first-order chi connectivity index (χ1) is 17.7. The Labute approximate surface area is 215 Å². The monoisotopic (exact) mass is 530 g/mol. The maximum absolute atomic E-state index is 13.4. The Morgan fingerprint density at radius 1 is 0.973 bits per heavy atom. The first-order valence-corrected chi connectivity index (χ1v) is 11.9. The molecule has 1 N–H and O–H groups in total. The lowest BCUT2D eigenvalue weighted by atomic mass is 9.87. The summed E-state index contributed by atoms with van der Waals surface area (Å²) in [5.74, 6) is -0.881. The van der Waals surface area contributed by atoms with Crippen molar-refractivity contribution in [3.8, 4) is 11.5 Å². The number of ether oxygens (including phenoxy) is 2. The molecule has 192 valence electrons. The van der Waals surface area contributed by atoms with Gasteiger partial charge in [-0.1, -0.05) is 41.9 Å². The molecule has 10 heteroatoms. The van der Waals surface area contributed by atoms with Gasteiger partial charge in [0, 0.05) is 36.1 Å². The summed E-state index contributed by atoms with van der Waals surface area (Å²) in [6.45, 7) is 0.458. The van der Waals surface area contributed by atoms with Gasteiger partial charge >= 0.3 is 6.18 Å². The lowest BCUT2D eigenvalue weighted by Gasteiger charge is -2.19. The fraction of sp³-hybridized carbons (Fsp3) is 0.259. The first-order valence-electron chi connectivity index (χ1n) is 11.6. The first kappa shape index (κ1) is 25.0. The van der Waals surface area contributed by atoms with E-state index in [4.69, 9.17) is 21.1 Å². The number of carbonyl (C=O) groups is 2. The summed E-state index contributed by atoms with van der Waals surface area (Å²) in [6.07, 6.45) is -4.53. The zero-order chi connectivity index (χ0) is 26.2. The fourth-order valence-corrected chi connectivity index (χ4v) is 4.88. The van der Waals surface area contributed by atoms with Crippen molar-refractivity contribution in [2.45, 2.75) is 18.6 Å². The van der Waals surface area contributed by atoms with Crippen LogP contribution in [0.1, 0.15) is 33.0 Å². The van der Waals surface area contributed by atoms with Gasteiger partial charge < -0.3 is 19.7 Å². The molecule has 0 unspecified atom stereocenters. The second-order valence-corrected chi connectivity index (χ2v) is 9.40. The number of nitrogens with zero attached hydrogens (tertiary/aromatic N) is 1. The third-order valence-electron chi connectivity index (χ3n) is 6.56. The summed E-state index contributed by atoms with van der Waals surface area (Å²) in [7, 11) is 0. The van der Waals surface area contributed by atoms with E-state index in [1.165, 1.54) is 17.0 Å². The van der Waals surface area contributed by atoms with Crippen LogP contribution in [0.5, 0.6) is 11.5 Å². The highest BCUT2D eigenvalue weighted by molar-refractivity contribution is 6.30. The van der Waals surface area contributed by atoms with Gasteiger partial charge in [-0.3, -0.25) is 9.59 Å². The Morgan fingerprint density at radius 2 is 1.76 bits per heavy atom. The zero-order valence-electron chi connectivity index (χ0n) is 19.4. The van der Waals surface area contributed by atoms with E-state index in [9.17, 15) is 22.8 Å². The van der Waals surface area contributed by atoms with Gasteiger partial charge in [0.15, 0.2) is 11.5 Å². The van der Waals surface area contributed by atoms with E-state index in [1.807, 2.05) is 0 Å². The molecule has 0 saturated carbocycles. The number of benzene rings is 3. The Hall–Kier alpha value is -3.72. The Morgan fingerprint density at radius 3 is 2.54 bits per heavy atom. The summed E-state index contributed by atoms with van der Waals surface area (Å²) in [5.41, 5.74) is 0.665. The molecule has 2 atom stereocenters. The van der Waals surface area contributed by atoms with Crippen LogP contribution in [0, 0.1) is 5.92 Å². The highest BCUT2D eigenvalue weighted by Crippen LogP contribution is 2.37. The maximum Gasteiger partial charge on any atom is 0.416 e. The summed E-state index contributed by atoms with van der Waals surface area (Å²) < 4.78 is 50.9. The Bertz CT molecular complexity index is 1350. The quantitative estimate of drug-likeness (QED) is 0.489. The van der Waals surface area contributed by atoms with Crippen molar-refractivity contribution in [3.63, 3.8) is 0 Å². The summed E-state index contributed by atoms with van der Waals surface area (Å²) in [4.78, 5) is 28.0. The van der Waals surface area contributed by atoms with E-state index >= 15 is 0 Å². The molecule has 2 heterocycles. The number of amides is 2. The third kappa shape index (κ3) is 5.36. The normalized spacial score (nSPS) is 18.6. The van der Waals surface area contributed by atoms with Crippen LogP contribution < -0.4 is 14.8 Å². The van der Waals surface area contributed by atoms with Crippen LogP contribution in [0.4, 0.5) is 13.2 Å². The average molecular weight is 531 g/mol. The van der Waals surface area contributed by atoms with E-state index in [2.05, 4.69) is 5.32 Å². The zero-order valence-corrected chi connectivity index (χ0v) is 20.2. The molecule has 0 aromatic heterocycles. The predicted molar refractivity (Wildman–Crippen MR) is 129 cm³/mol. The number of hydrogen-bond donors (Lipinski definition) is 1. The van der Waals surface area contributed by atoms with Gasteiger partial charge in [-0.2, -0.15) is 13.2 Å². The van der Waals surface area contributed by atoms with Gasteiger partial charge in [0.25, 0.3) is 5.91 Å². The van der Waals surface area contributed by atoms with E-state index < -0.39 is 23.6 Å². The van der Waals surface area contributed by atoms with Crippen molar-refractivity contribution in [1.29, 1.82) is 0 Å². The van der Waals surface area contributed by atoms with Gasteiger partial charge in [0.2, 0.25) is 12.7 Å². The van der Waals surface area contributed by atoms with Crippen molar-refractivity contribution in [2.75, 3.05) is 19.9 Å². The van der Waals surface area contributed by atoms with Crippen LogP contribution in [0.2, 0.25) is 5.02 Å². The van der Waals surface area contributed by atoms with Gasteiger partial charge in [-0.05, 0) is 47.5 Å². The minimum atomic E-state index is -4.53. The summed E-state index contributed by atoms with van der Waals surface area (Å²) in [5, 5.41) is 3.25. The minimum absolute atomic E-state index is 0.0548. The van der Waals surface area contributed by atoms with Gasteiger partial charge in [0.05, 0.1) is 11.5 Å². The van der Waals surface area contributed by atoms with Crippen LogP contribution in [0.15, 0.2) is 66.7 Å². The number of alkyl halides is 3. The van der Waals surface area contributed by atoms with Crippen LogP contribution >= 0.6 is 11.6 Å². The molecule has 1 saturated heterocycles. The topological polar surface area (TPSA) is 67.9 Å². The maximum atomic E-state index is 13.4. The fourth-order valence-electron chi connectivity index (χ4n) is 4.69. The summed E-state index contributed by atoms with van der Waals surface area (Å²) >= 11 is 6.04. The SMILES string of the molecule is O=C(NCc1ccc2c(c1)OCO2)[C@H]1CN(C(=O)c2cccc(Cl)c2)C[C@H]1c1cccc(C(F)(F)F)c1. The lowest BCUT2D eigenvalue weighted by Crippen LogP contribution is -2.35. The van der Waals surface area contributed by atoms with Crippen molar-refractivity contribution in [1.82, 2.24) is 10.2 Å². The standard InChI is InChI=1S/C27H22ClF3N2O4/c28-20-6-2-4-18(11-20)26(35)33-13-21(17-3-1-5-19(10-17)27(29,30)31)22(14-33)25(34)32-12-16-7-8-23-24(9-16)37-15-36-23/h1-11,21-22H,12-15H2,(H,32,34)/t21-,22-/m0/s1. The molecule has 0 radical (unpaired) electrons. The number of hydrogen-bond acceptors (Lipinski definition) is 4. The molecule has 2 amide bonds. The molecule has 1 fully saturated rings. The molecule has 3 aromatic rings. The van der Waals surface area contributed by atoms with Crippen LogP contribution in [0.3, 0.4) is 0 Å². The van der Waals surface area contributed by atoms with E-state index in [1.54, 1.807) is 42.5 Å². The number of nitrogens with one attached hydrogen (secondary N) is 1. The molecule has 0 aliphatic carbocycles. The van der Waals surface area contributed by atoms with Crippen molar-refractivity contribution in [2.24, 2.45) is 5.92 Å². The molecule has 0 spiro atoms. The minimum Gasteiger partial charge on any atom is -0.454 e. The second kappa shape index (κ2) is 9.97. The Balaban J connectivity index is 1.38. The smallest absolute Gasteiger partial charge is 0.416 e. The largest absolute Gasteiger partial charge is 0.454 e. The van der Waals surface area contributed by atoms with E-state index in [-0.39, 0.29) is 38.2 Å². The van der Waals surface area contributed by atoms with Crippen molar-refractivity contribution >= 4 is 23.4 Å².